The van der Waals surface area contributed by atoms with Crippen molar-refractivity contribution in [1.82, 2.24) is 10.0 Å². The van der Waals surface area contributed by atoms with Gasteiger partial charge in [0.25, 0.3) is 0 Å². The molecule has 0 aromatic heterocycles. The summed E-state index contributed by atoms with van der Waals surface area (Å²) in [5, 5.41) is 3.40. The fourth-order valence-electron chi connectivity index (χ4n) is 2.42. The quantitative estimate of drug-likeness (QED) is 0.776. The maximum atomic E-state index is 12.3. The van der Waals surface area contributed by atoms with E-state index in [4.69, 9.17) is 0 Å². The van der Waals surface area contributed by atoms with Gasteiger partial charge >= 0.3 is 0 Å². The van der Waals surface area contributed by atoms with Crippen molar-refractivity contribution in [2.45, 2.75) is 57.0 Å². The lowest BCUT2D eigenvalue weighted by Gasteiger charge is -2.16. The maximum Gasteiger partial charge on any atom is 0.240 e. The molecule has 1 aliphatic carbocycles. The lowest BCUT2D eigenvalue weighted by molar-refractivity contribution is 0.537. The summed E-state index contributed by atoms with van der Waals surface area (Å²) in [6.45, 7) is 7.12. The van der Waals surface area contributed by atoms with Crippen molar-refractivity contribution in [2.75, 3.05) is 6.54 Å². The molecule has 1 aromatic carbocycles. The topological polar surface area (TPSA) is 58.2 Å². The van der Waals surface area contributed by atoms with Gasteiger partial charge in [-0.3, -0.25) is 0 Å². The molecule has 0 amide bonds. The highest BCUT2D eigenvalue weighted by Gasteiger charge is 2.31. The molecule has 1 aromatic rings. The molecule has 0 aliphatic heterocycles. The van der Waals surface area contributed by atoms with Gasteiger partial charge < -0.3 is 5.32 Å². The monoisotopic (exact) mass is 310 g/mol. The Kier molecular flexibility index (Phi) is 5.41. The number of nitrogens with one attached hydrogen (secondary N) is 2. The molecule has 5 heteroatoms. The summed E-state index contributed by atoms with van der Waals surface area (Å²) in [7, 11) is -3.39. The first-order valence-electron chi connectivity index (χ1n) is 7.79. The summed E-state index contributed by atoms with van der Waals surface area (Å²) < 4.78 is 27.4. The second-order valence-electron chi connectivity index (χ2n) is 5.99. The molecular formula is C16H26N2O2S. The Morgan fingerprint density at radius 2 is 1.81 bits per heavy atom. The van der Waals surface area contributed by atoms with Gasteiger partial charge in [0.1, 0.15) is 0 Å². The number of rotatable bonds is 8. The second-order valence-corrected chi connectivity index (χ2v) is 7.71. The van der Waals surface area contributed by atoms with Crippen molar-refractivity contribution < 1.29 is 8.42 Å². The van der Waals surface area contributed by atoms with Crippen LogP contribution in [0.3, 0.4) is 0 Å². The Hall–Kier alpha value is -0.910. The molecular weight excluding hydrogens is 284 g/mol. The van der Waals surface area contributed by atoms with E-state index in [1.165, 1.54) is 0 Å². The van der Waals surface area contributed by atoms with Crippen molar-refractivity contribution in [3.8, 4) is 0 Å². The van der Waals surface area contributed by atoms with Crippen LogP contribution >= 0.6 is 0 Å². The fourth-order valence-corrected chi connectivity index (χ4v) is 3.73. The summed E-state index contributed by atoms with van der Waals surface area (Å²) in [4.78, 5) is 0.349. The van der Waals surface area contributed by atoms with Crippen molar-refractivity contribution in [3.05, 3.63) is 29.8 Å². The van der Waals surface area contributed by atoms with E-state index in [1.54, 1.807) is 12.1 Å². The molecule has 118 valence electrons. The summed E-state index contributed by atoms with van der Waals surface area (Å²) in [5.41, 5.74) is 1.11. The summed E-state index contributed by atoms with van der Waals surface area (Å²) in [6, 6.07) is 7.44. The Labute approximate surface area is 128 Å². The van der Waals surface area contributed by atoms with E-state index >= 15 is 0 Å². The van der Waals surface area contributed by atoms with Gasteiger partial charge in [-0.25, -0.2) is 13.1 Å². The van der Waals surface area contributed by atoms with Crippen LogP contribution in [0.15, 0.2) is 29.2 Å². The zero-order chi connectivity index (χ0) is 15.5. The standard InChI is InChI=1S/C16H26N2O2S/c1-4-11-17-12(2)14-7-9-16(10-8-14)21(19,20)18-13(3)15-5-6-15/h7-10,12-13,15,17-18H,4-6,11H2,1-3H3. The lowest BCUT2D eigenvalue weighted by atomic mass is 10.1. The molecule has 1 fully saturated rings. The first-order chi connectivity index (χ1) is 9.94. The largest absolute Gasteiger partial charge is 0.310 e. The predicted octanol–water partition coefficient (Wildman–Crippen LogP) is 2.82. The van der Waals surface area contributed by atoms with Crippen molar-refractivity contribution in [3.63, 3.8) is 0 Å². The Balaban J connectivity index is 2.03. The molecule has 0 saturated heterocycles. The molecule has 1 saturated carbocycles. The number of sulfonamides is 1. The highest BCUT2D eigenvalue weighted by Crippen LogP contribution is 2.33. The molecule has 0 bridgehead atoms. The molecule has 0 heterocycles. The van der Waals surface area contributed by atoms with Crippen molar-refractivity contribution >= 4 is 10.0 Å². The van der Waals surface area contributed by atoms with Gasteiger partial charge in [-0.2, -0.15) is 0 Å². The van der Waals surface area contributed by atoms with Crippen LogP contribution in [0.25, 0.3) is 0 Å². The highest BCUT2D eigenvalue weighted by molar-refractivity contribution is 7.89. The second kappa shape index (κ2) is 6.90. The van der Waals surface area contributed by atoms with E-state index in [9.17, 15) is 8.42 Å². The number of hydrogen-bond donors (Lipinski definition) is 2. The zero-order valence-corrected chi connectivity index (χ0v) is 13.9. The van der Waals surface area contributed by atoms with E-state index in [-0.39, 0.29) is 12.1 Å². The fraction of sp³-hybridized carbons (Fsp3) is 0.625. The van der Waals surface area contributed by atoms with Gasteiger partial charge in [-0.05, 0) is 63.3 Å². The van der Waals surface area contributed by atoms with Crippen LogP contribution in [0, 0.1) is 5.92 Å². The molecule has 2 rings (SSSR count). The smallest absolute Gasteiger partial charge is 0.240 e. The van der Waals surface area contributed by atoms with Crippen LogP contribution < -0.4 is 10.0 Å². The van der Waals surface area contributed by atoms with E-state index in [0.29, 0.717) is 10.8 Å². The first kappa shape index (κ1) is 16.5. The summed E-state index contributed by atoms with van der Waals surface area (Å²) >= 11 is 0. The minimum atomic E-state index is -3.39. The Morgan fingerprint density at radius 1 is 1.19 bits per heavy atom. The normalized spacial score (nSPS) is 18.4. The molecule has 2 unspecified atom stereocenters. The van der Waals surface area contributed by atoms with Gasteiger partial charge in [0.2, 0.25) is 10.0 Å². The van der Waals surface area contributed by atoms with Crippen LogP contribution in [-0.2, 0) is 10.0 Å². The third kappa shape index (κ3) is 4.53. The minimum absolute atomic E-state index is 0.0276. The van der Waals surface area contributed by atoms with E-state index in [1.807, 2.05) is 19.1 Å². The Bertz CT molecular complexity index is 550. The molecule has 2 N–H and O–H groups in total. The lowest BCUT2D eigenvalue weighted by Crippen LogP contribution is -2.34. The van der Waals surface area contributed by atoms with Gasteiger partial charge in [0, 0.05) is 12.1 Å². The minimum Gasteiger partial charge on any atom is -0.310 e. The number of benzene rings is 1. The molecule has 21 heavy (non-hydrogen) atoms. The van der Waals surface area contributed by atoms with E-state index in [0.717, 1.165) is 31.4 Å². The van der Waals surface area contributed by atoms with E-state index in [2.05, 4.69) is 23.9 Å². The van der Waals surface area contributed by atoms with Gasteiger partial charge in [-0.15, -0.1) is 0 Å². The molecule has 0 spiro atoms. The number of hydrogen-bond acceptors (Lipinski definition) is 3. The van der Waals surface area contributed by atoms with Crippen LogP contribution in [0.4, 0.5) is 0 Å². The van der Waals surface area contributed by atoms with Crippen molar-refractivity contribution in [1.29, 1.82) is 0 Å². The molecule has 1 aliphatic rings. The Morgan fingerprint density at radius 3 is 2.33 bits per heavy atom. The maximum absolute atomic E-state index is 12.3. The van der Waals surface area contributed by atoms with Gasteiger partial charge in [-0.1, -0.05) is 19.1 Å². The highest BCUT2D eigenvalue weighted by atomic mass is 32.2. The van der Waals surface area contributed by atoms with Crippen LogP contribution in [-0.4, -0.2) is 21.0 Å². The van der Waals surface area contributed by atoms with Crippen LogP contribution in [0.5, 0.6) is 0 Å². The average Bonchev–Trinajstić information content (AvgIpc) is 3.29. The average molecular weight is 310 g/mol. The van der Waals surface area contributed by atoms with E-state index < -0.39 is 10.0 Å². The van der Waals surface area contributed by atoms with Crippen molar-refractivity contribution in [2.24, 2.45) is 5.92 Å². The molecule has 0 radical (unpaired) electrons. The molecule has 4 nitrogen and oxygen atoms in total. The third-order valence-corrected chi connectivity index (χ3v) is 5.64. The predicted molar refractivity (Wildman–Crippen MR) is 85.7 cm³/mol. The third-order valence-electron chi connectivity index (χ3n) is 4.06. The summed E-state index contributed by atoms with van der Waals surface area (Å²) in [6.07, 6.45) is 3.34. The molecule has 2 atom stereocenters. The summed E-state index contributed by atoms with van der Waals surface area (Å²) in [5.74, 6) is 0.511. The van der Waals surface area contributed by atoms with Gasteiger partial charge in [0.15, 0.2) is 0 Å². The van der Waals surface area contributed by atoms with Gasteiger partial charge in [0.05, 0.1) is 4.90 Å². The SMILES string of the molecule is CCCNC(C)c1ccc(S(=O)(=O)NC(C)C2CC2)cc1. The van der Waals surface area contributed by atoms with Crippen LogP contribution in [0.1, 0.15) is 51.6 Å². The van der Waals surface area contributed by atoms with Crippen LogP contribution in [0.2, 0.25) is 0 Å². The first-order valence-corrected chi connectivity index (χ1v) is 9.28. The zero-order valence-electron chi connectivity index (χ0n) is 13.1.